The van der Waals surface area contributed by atoms with Crippen LogP contribution in [0, 0.1) is 17.8 Å². The van der Waals surface area contributed by atoms with Gasteiger partial charge < -0.3 is 10.2 Å². The van der Waals surface area contributed by atoms with E-state index in [9.17, 15) is 4.79 Å². The van der Waals surface area contributed by atoms with Gasteiger partial charge in [-0.25, -0.2) is 0 Å². The molecule has 3 aliphatic heterocycles. The minimum absolute atomic E-state index is 0.427. The zero-order chi connectivity index (χ0) is 11.7. The molecular weight excluding hydrogens is 232 g/mol. The monoisotopic (exact) mass is 254 g/mol. The average Bonchev–Trinajstić information content (AvgIpc) is 2.90. The number of nitrogens with zero attached hydrogens (tertiary/aromatic N) is 1. The van der Waals surface area contributed by atoms with Crippen LogP contribution in [0.25, 0.3) is 0 Å². The molecule has 3 saturated heterocycles. The minimum Gasteiger partial charge on any atom is -0.342 e. The lowest BCUT2D eigenvalue weighted by Crippen LogP contribution is -2.33. The van der Waals surface area contributed by atoms with E-state index in [1.165, 1.54) is 24.3 Å². The first-order valence-corrected chi connectivity index (χ1v) is 8.04. The molecule has 0 saturated carbocycles. The first kappa shape index (κ1) is 11.8. The molecule has 96 valence electrons. The number of carbonyl (C=O) groups excluding carboxylic acids is 1. The molecule has 0 aromatic carbocycles. The van der Waals surface area contributed by atoms with Crippen molar-refractivity contribution in [1.82, 2.24) is 10.2 Å². The quantitative estimate of drug-likeness (QED) is 0.803. The van der Waals surface area contributed by atoms with Crippen LogP contribution in [0.1, 0.15) is 19.3 Å². The molecule has 0 aliphatic carbocycles. The summed E-state index contributed by atoms with van der Waals surface area (Å²) in [5.41, 5.74) is 0. The van der Waals surface area contributed by atoms with E-state index in [2.05, 4.69) is 10.2 Å². The second kappa shape index (κ2) is 5.19. The molecule has 17 heavy (non-hydrogen) atoms. The lowest BCUT2D eigenvalue weighted by atomic mass is 9.98. The Hall–Kier alpha value is -0.220. The molecule has 2 atom stereocenters. The van der Waals surface area contributed by atoms with Crippen molar-refractivity contribution >= 4 is 17.7 Å². The minimum atomic E-state index is 0.427. The third-order valence-corrected chi connectivity index (χ3v) is 5.60. The topological polar surface area (TPSA) is 32.3 Å². The number of amides is 1. The molecule has 3 aliphatic rings. The lowest BCUT2D eigenvalue weighted by Gasteiger charge is -2.24. The van der Waals surface area contributed by atoms with Gasteiger partial charge in [0.1, 0.15) is 0 Å². The second-order valence-electron chi connectivity index (χ2n) is 5.74. The van der Waals surface area contributed by atoms with Crippen LogP contribution in [0.3, 0.4) is 0 Å². The molecule has 1 amide bonds. The normalized spacial score (nSPS) is 34.0. The third-order valence-electron chi connectivity index (χ3n) is 4.55. The van der Waals surface area contributed by atoms with Gasteiger partial charge in [-0.2, -0.15) is 11.8 Å². The van der Waals surface area contributed by atoms with E-state index < -0.39 is 0 Å². The lowest BCUT2D eigenvalue weighted by molar-refractivity contribution is -0.131. The van der Waals surface area contributed by atoms with Gasteiger partial charge in [-0.3, -0.25) is 4.79 Å². The zero-order valence-electron chi connectivity index (χ0n) is 10.4. The number of hydrogen-bond donors (Lipinski definition) is 1. The number of nitrogens with one attached hydrogen (secondary N) is 1. The van der Waals surface area contributed by atoms with Gasteiger partial charge in [0.2, 0.25) is 5.91 Å². The van der Waals surface area contributed by atoms with Gasteiger partial charge in [0.05, 0.1) is 0 Å². The molecule has 2 unspecified atom stereocenters. The van der Waals surface area contributed by atoms with Gasteiger partial charge in [-0.05, 0) is 42.1 Å². The van der Waals surface area contributed by atoms with Crippen molar-refractivity contribution in [1.29, 1.82) is 0 Å². The van der Waals surface area contributed by atoms with Gasteiger partial charge >= 0.3 is 0 Å². The first-order chi connectivity index (χ1) is 8.33. The molecule has 0 aromatic rings. The molecule has 0 aromatic heterocycles. The van der Waals surface area contributed by atoms with Crippen molar-refractivity contribution < 1.29 is 4.79 Å². The van der Waals surface area contributed by atoms with Crippen molar-refractivity contribution in [2.24, 2.45) is 17.8 Å². The second-order valence-corrected chi connectivity index (χ2v) is 6.96. The third kappa shape index (κ3) is 2.63. The summed E-state index contributed by atoms with van der Waals surface area (Å²) in [5, 5.41) is 3.42. The summed E-state index contributed by atoms with van der Waals surface area (Å²) >= 11 is 2.04. The molecule has 3 nitrogen and oxygen atoms in total. The Morgan fingerprint density at radius 1 is 1.18 bits per heavy atom. The molecule has 0 spiro atoms. The van der Waals surface area contributed by atoms with Crippen molar-refractivity contribution in [3.05, 3.63) is 0 Å². The maximum Gasteiger partial charge on any atom is 0.222 e. The van der Waals surface area contributed by atoms with Crippen LogP contribution in [0.5, 0.6) is 0 Å². The van der Waals surface area contributed by atoms with Crippen LogP contribution in [-0.2, 0) is 4.79 Å². The summed E-state index contributed by atoms with van der Waals surface area (Å²) in [6.45, 7) is 4.26. The van der Waals surface area contributed by atoms with E-state index in [-0.39, 0.29) is 0 Å². The highest BCUT2D eigenvalue weighted by Gasteiger charge is 2.38. The molecular formula is C13H22N2OS. The van der Waals surface area contributed by atoms with Gasteiger partial charge in [0.25, 0.3) is 0 Å². The molecule has 0 bridgehead atoms. The highest BCUT2D eigenvalue weighted by atomic mass is 32.2. The number of carbonyl (C=O) groups is 1. The molecule has 0 radical (unpaired) electrons. The first-order valence-electron chi connectivity index (χ1n) is 6.89. The summed E-state index contributed by atoms with van der Waals surface area (Å²) in [4.78, 5) is 14.4. The van der Waals surface area contributed by atoms with E-state index in [0.717, 1.165) is 44.4 Å². The molecule has 3 rings (SSSR count). The average molecular weight is 254 g/mol. The number of rotatable bonds is 2. The molecule has 1 N–H and O–H groups in total. The fourth-order valence-electron chi connectivity index (χ4n) is 3.39. The Morgan fingerprint density at radius 3 is 2.47 bits per heavy atom. The highest BCUT2D eigenvalue weighted by molar-refractivity contribution is 7.99. The van der Waals surface area contributed by atoms with Gasteiger partial charge in [-0.15, -0.1) is 0 Å². The zero-order valence-corrected chi connectivity index (χ0v) is 11.2. The Labute approximate surface area is 108 Å². The van der Waals surface area contributed by atoms with E-state index in [4.69, 9.17) is 0 Å². The van der Waals surface area contributed by atoms with Crippen LogP contribution in [-0.4, -0.2) is 48.5 Å². The largest absolute Gasteiger partial charge is 0.342 e. The van der Waals surface area contributed by atoms with Crippen molar-refractivity contribution in [2.45, 2.75) is 19.3 Å². The van der Waals surface area contributed by atoms with Crippen LogP contribution in [0.15, 0.2) is 0 Å². The molecule has 3 fully saturated rings. The molecule has 3 heterocycles. The predicted molar refractivity (Wildman–Crippen MR) is 71.1 cm³/mol. The Bertz CT molecular complexity index is 279. The standard InChI is InChI=1S/C13H22N2OS/c16-13(5-10-1-3-17-4-2-10)15-8-11-6-14-7-12(11)9-15/h10-12,14H,1-9H2. The Morgan fingerprint density at radius 2 is 1.82 bits per heavy atom. The van der Waals surface area contributed by atoms with Gasteiger partial charge in [-0.1, -0.05) is 0 Å². The maximum absolute atomic E-state index is 12.2. The van der Waals surface area contributed by atoms with Crippen molar-refractivity contribution in [3.8, 4) is 0 Å². The van der Waals surface area contributed by atoms with E-state index in [1.54, 1.807) is 0 Å². The summed E-state index contributed by atoms with van der Waals surface area (Å²) in [5.74, 6) is 5.08. The van der Waals surface area contributed by atoms with Gasteiger partial charge in [0.15, 0.2) is 0 Å². The number of fused-ring (bicyclic) bond motifs is 1. The smallest absolute Gasteiger partial charge is 0.222 e. The van der Waals surface area contributed by atoms with Crippen LogP contribution < -0.4 is 5.32 Å². The summed E-state index contributed by atoms with van der Waals surface area (Å²) in [7, 11) is 0. The number of hydrogen-bond acceptors (Lipinski definition) is 3. The fourth-order valence-corrected chi connectivity index (χ4v) is 4.59. The number of thioether (sulfide) groups is 1. The van der Waals surface area contributed by atoms with Crippen LogP contribution in [0.4, 0.5) is 0 Å². The Kier molecular flexibility index (Phi) is 3.61. The number of likely N-dealkylation sites (tertiary alicyclic amines) is 1. The Balaban J connectivity index is 1.49. The van der Waals surface area contributed by atoms with Crippen LogP contribution in [0.2, 0.25) is 0 Å². The maximum atomic E-state index is 12.2. The summed E-state index contributed by atoms with van der Waals surface area (Å²) in [6, 6.07) is 0. The SMILES string of the molecule is O=C(CC1CCSCC1)N1CC2CNCC2C1. The predicted octanol–water partition coefficient (Wildman–Crippen LogP) is 1.20. The van der Waals surface area contributed by atoms with Crippen molar-refractivity contribution in [2.75, 3.05) is 37.7 Å². The van der Waals surface area contributed by atoms with Crippen molar-refractivity contribution in [3.63, 3.8) is 0 Å². The fraction of sp³-hybridized carbons (Fsp3) is 0.923. The van der Waals surface area contributed by atoms with Crippen LogP contribution >= 0.6 is 11.8 Å². The van der Waals surface area contributed by atoms with Gasteiger partial charge in [0, 0.05) is 32.6 Å². The summed E-state index contributed by atoms with van der Waals surface area (Å²) in [6.07, 6.45) is 3.31. The van der Waals surface area contributed by atoms with E-state index in [0.29, 0.717) is 11.8 Å². The van der Waals surface area contributed by atoms with E-state index >= 15 is 0 Å². The molecule has 4 heteroatoms. The summed E-state index contributed by atoms with van der Waals surface area (Å²) < 4.78 is 0. The van der Waals surface area contributed by atoms with E-state index in [1.807, 2.05) is 11.8 Å². The highest BCUT2D eigenvalue weighted by Crippen LogP contribution is 2.29.